The summed E-state index contributed by atoms with van der Waals surface area (Å²) in [6.45, 7) is 2.70. The van der Waals surface area contributed by atoms with E-state index in [2.05, 4.69) is 4.99 Å². The molecule has 8 nitrogen and oxygen atoms in total. The molecule has 0 saturated heterocycles. The molecule has 31 heavy (non-hydrogen) atoms. The average molecular weight is 487 g/mol. The first-order chi connectivity index (χ1) is 14.8. The number of rotatable bonds is 7. The Morgan fingerprint density at radius 2 is 1.71 bits per heavy atom. The Bertz CT molecular complexity index is 978. The molecule has 1 aliphatic rings. The second kappa shape index (κ2) is 12.2. The summed E-state index contributed by atoms with van der Waals surface area (Å²) in [4.78, 5) is 13.3. The van der Waals surface area contributed by atoms with Gasteiger partial charge in [0.15, 0.2) is 17.8 Å². The fraction of sp³-hybridized carbons (Fsp3) is 0.150. The van der Waals surface area contributed by atoms with Gasteiger partial charge in [-0.3, -0.25) is 0 Å². The Balaban J connectivity index is 0.000000785. The highest BCUT2D eigenvalue weighted by Gasteiger charge is 2.20. The lowest BCUT2D eigenvalue weighted by Crippen LogP contribution is -3.03. The molecule has 0 amide bonds. The number of nitrogens with one attached hydrogen (secondary N) is 1. The lowest BCUT2D eigenvalue weighted by atomic mass is 10.1. The molecule has 1 aliphatic heterocycles. The van der Waals surface area contributed by atoms with E-state index in [0.29, 0.717) is 34.0 Å². The summed E-state index contributed by atoms with van der Waals surface area (Å²) in [5.74, 6) is 1.40. The number of allylic oxidation sites excluding steroid dienone is 1. The Morgan fingerprint density at radius 3 is 2.29 bits per heavy atom. The van der Waals surface area contributed by atoms with Crippen LogP contribution in [0.4, 0.5) is 0 Å². The van der Waals surface area contributed by atoms with Crippen LogP contribution in [-0.2, 0) is 4.74 Å². The number of benzene rings is 2. The van der Waals surface area contributed by atoms with Crippen LogP contribution in [0.5, 0.6) is 5.75 Å². The first-order valence-corrected chi connectivity index (χ1v) is 9.97. The lowest BCUT2D eigenvalue weighted by molar-refractivity contribution is -0.688. The summed E-state index contributed by atoms with van der Waals surface area (Å²) in [6, 6.07) is 12.5. The van der Waals surface area contributed by atoms with Crippen LogP contribution in [0.15, 0.2) is 65.6 Å². The standard InChI is InChI=1S/C20H17Cl3N2O2.NO3/c1-14(25-9-8-24-13-25)20(18-7-4-16(22)12-19(18)23)27-11-10-26-17-5-2-15(21)3-6-17;2-1(3)4/h2-9,12-13H,10-11H2,1H3;/q;-1/p+1. The van der Waals surface area contributed by atoms with Gasteiger partial charge in [-0.15, -0.1) is 0 Å². The van der Waals surface area contributed by atoms with Crippen LogP contribution in [-0.4, -0.2) is 24.6 Å². The molecular formula is C20H18Cl3N3O5. The van der Waals surface area contributed by atoms with Gasteiger partial charge in [-0.25, -0.2) is 9.89 Å². The van der Waals surface area contributed by atoms with E-state index in [1.54, 1.807) is 36.8 Å². The number of hydrogen-bond acceptors (Lipinski definition) is 6. The van der Waals surface area contributed by atoms with Crippen molar-refractivity contribution in [3.8, 4) is 5.75 Å². The molecule has 0 fully saturated rings. The molecule has 0 spiro atoms. The molecular weight excluding hydrogens is 469 g/mol. The van der Waals surface area contributed by atoms with Crippen molar-refractivity contribution in [1.82, 2.24) is 0 Å². The maximum atomic E-state index is 8.25. The van der Waals surface area contributed by atoms with Gasteiger partial charge in [0.25, 0.3) is 0 Å². The first-order valence-electron chi connectivity index (χ1n) is 8.84. The quantitative estimate of drug-likeness (QED) is 0.267. The highest BCUT2D eigenvalue weighted by molar-refractivity contribution is 6.35. The predicted octanol–water partition coefficient (Wildman–Crippen LogP) is 4.59. The summed E-state index contributed by atoms with van der Waals surface area (Å²) in [5, 5.41) is 16.5. The van der Waals surface area contributed by atoms with Gasteiger partial charge in [0.2, 0.25) is 0 Å². The van der Waals surface area contributed by atoms with Crippen LogP contribution < -0.4 is 9.64 Å². The number of hydrogen-bond donors (Lipinski definition) is 1. The molecule has 0 aliphatic carbocycles. The molecule has 1 heterocycles. The Hall–Kier alpha value is -2.78. The molecule has 0 radical (unpaired) electrons. The average Bonchev–Trinajstić information content (AvgIpc) is 3.24. The van der Waals surface area contributed by atoms with Crippen LogP contribution in [0.1, 0.15) is 12.5 Å². The Morgan fingerprint density at radius 1 is 1.06 bits per heavy atom. The molecule has 1 unspecified atom stereocenters. The van der Waals surface area contributed by atoms with Crippen molar-refractivity contribution in [3.63, 3.8) is 0 Å². The molecule has 3 rings (SSSR count). The predicted molar refractivity (Wildman–Crippen MR) is 121 cm³/mol. The highest BCUT2D eigenvalue weighted by Crippen LogP contribution is 2.29. The van der Waals surface area contributed by atoms with Crippen molar-refractivity contribution >= 4 is 46.9 Å². The van der Waals surface area contributed by atoms with E-state index >= 15 is 0 Å². The fourth-order valence-electron chi connectivity index (χ4n) is 2.54. The van der Waals surface area contributed by atoms with Gasteiger partial charge in [-0.1, -0.05) is 34.8 Å². The molecule has 1 atom stereocenters. The zero-order valence-corrected chi connectivity index (χ0v) is 18.5. The van der Waals surface area contributed by atoms with Crippen LogP contribution in [0.25, 0.3) is 5.76 Å². The topological polar surface area (TPSA) is 101 Å². The normalized spacial score (nSPS) is 15.0. The molecule has 2 aromatic carbocycles. The molecule has 0 aromatic heterocycles. The smallest absolute Gasteiger partial charge is 0.198 e. The molecule has 0 saturated carbocycles. The maximum absolute atomic E-state index is 8.25. The van der Waals surface area contributed by atoms with E-state index in [1.807, 2.05) is 31.3 Å². The van der Waals surface area contributed by atoms with Crippen LogP contribution in [0, 0.1) is 15.3 Å². The SMILES string of the molecule is CC(=C(OCCOc1ccc(Cl)cc1)c1ccc(Cl)cc1Cl)[NH+]1C=CN=C1.O=[N+]([O-])[O-]. The highest BCUT2D eigenvalue weighted by atomic mass is 35.5. The molecule has 0 bridgehead atoms. The van der Waals surface area contributed by atoms with Crippen molar-refractivity contribution < 1.29 is 19.5 Å². The molecule has 164 valence electrons. The third-order valence-electron chi connectivity index (χ3n) is 3.92. The summed E-state index contributed by atoms with van der Waals surface area (Å²) in [6.07, 6.45) is 5.45. The van der Waals surface area contributed by atoms with Crippen molar-refractivity contribution in [1.29, 1.82) is 0 Å². The monoisotopic (exact) mass is 485 g/mol. The van der Waals surface area contributed by atoms with Gasteiger partial charge in [-0.05, 0) is 42.5 Å². The van der Waals surface area contributed by atoms with Gasteiger partial charge < -0.3 is 24.8 Å². The Labute approximate surface area is 193 Å². The fourth-order valence-corrected chi connectivity index (χ4v) is 3.16. The van der Waals surface area contributed by atoms with Gasteiger partial charge in [-0.2, -0.15) is 0 Å². The number of nitrogens with zero attached hydrogens (tertiary/aromatic N) is 2. The molecule has 11 heteroatoms. The van der Waals surface area contributed by atoms with Crippen molar-refractivity contribution in [2.75, 3.05) is 13.2 Å². The van der Waals surface area contributed by atoms with Crippen LogP contribution >= 0.6 is 34.8 Å². The summed E-state index contributed by atoms with van der Waals surface area (Å²) in [7, 11) is 0. The van der Waals surface area contributed by atoms with E-state index in [9.17, 15) is 0 Å². The summed E-state index contributed by atoms with van der Waals surface area (Å²) < 4.78 is 11.7. The third kappa shape index (κ3) is 8.10. The largest absolute Gasteiger partial charge is 0.490 e. The number of quaternary nitrogens is 1. The van der Waals surface area contributed by atoms with Gasteiger partial charge in [0.05, 0.1) is 16.3 Å². The van der Waals surface area contributed by atoms with E-state index in [0.717, 1.165) is 21.9 Å². The van der Waals surface area contributed by atoms with Crippen LogP contribution in [0.3, 0.4) is 0 Å². The zero-order valence-electron chi connectivity index (χ0n) is 16.3. The van der Waals surface area contributed by atoms with Gasteiger partial charge in [0.1, 0.15) is 25.2 Å². The van der Waals surface area contributed by atoms with Crippen LogP contribution in [0.2, 0.25) is 15.1 Å². The molecule has 2 aromatic rings. The number of ether oxygens (including phenoxy) is 2. The van der Waals surface area contributed by atoms with Crippen molar-refractivity contribution in [2.24, 2.45) is 4.99 Å². The lowest BCUT2D eigenvalue weighted by Gasteiger charge is -2.16. The zero-order chi connectivity index (χ0) is 22.8. The first kappa shape index (κ1) is 24.5. The van der Waals surface area contributed by atoms with E-state index < -0.39 is 5.09 Å². The van der Waals surface area contributed by atoms with E-state index in [4.69, 9.17) is 59.6 Å². The van der Waals surface area contributed by atoms with E-state index in [1.165, 1.54) is 0 Å². The maximum Gasteiger partial charge on any atom is 0.198 e. The minimum atomic E-state index is -1.75. The van der Waals surface area contributed by atoms with Gasteiger partial charge >= 0.3 is 0 Å². The van der Waals surface area contributed by atoms with Gasteiger partial charge in [0, 0.05) is 22.5 Å². The Kier molecular flexibility index (Phi) is 9.61. The summed E-state index contributed by atoms with van der Waals surface area (Å²) in [5.41, 5.74) is 1.70. The number of aliphatic imine (C=N–C) groups is 1. The van der Waals surface area contributed by atoms with Crippen molar-refractivity contribution in [2.45, 2.75) is 6.92 Å². The minimum Gasteiger partial charge on any atom is -0.490 e. The second-order valence-electron chi connectivity index (χ2n) is 6.00. The third-order valence-corrected chi connectivity index (χ3v) is 4.72. The molecule has 1 N–H and O–H groups in total. The second-order valence-corrected chi connectivity index (χ2v) is 7.28. The number of halogens is 3. The van der Waals surface area contributed by atoms with E-state index in [-0.39, 0.29) is 0 Å². The minimum absolute atomic E-state index is 0.350. The van der Waals surface area contributed by atoms with Crippen molar-refractivity contribution in [3.05, 3.63) is 96.5 Å². The summed E-state index contributed by atoms with van der Waals surface area (Å²) >= 11 is 18.3.